The van der Waals surface area contributed by atoms with Crippen molar-refractivity contribution in [3.63, 3.8) is 0 Å². The molecule has 72 heavy (non-hydrogen) atoms. The number of hydrogen-bond donors (Lipinski definition) is 7. The van der Waals surface area contributed by atoms with E-state index in [1.165, 1.54) is 0 Å². The molecule has 0 saturated carbocycles. The van der Waals surface area contributed by atoms with Gasteiger partial charge in [-0.05, 0) is 30.7 Å². The largest absolute Gasteiger partial charge is 0.494 e. The number of aliphatic hydroxyl groups excluding tert-OH is 4. The Labute approximate surface area is 392 Å². The van der Waals surface area contributed by atoms with Crippen LogP contribution in [0.25, 0.3) is 0 Å². The molecule has 420 valence electrons. The van der Waals surface area contributed by atoms with Gasteiger partial charge in [0.15, 0.2) is 12.6 Å². The van der Waals surface area contributed by atoms with Crippen molar-refractivity contribution in [1.29, 1.82) is 0 Å². The van der Waals surface area contributed by atoms with Crippen LogP contribution in [0.5, 0.6) is 11.5 Å². The Bertz CT molecular complexity index is 2200. The van der Waals surface area contributed by atoms with Gasteiger partial charge in [-0.1, -0.05) is 0 Å². The Morgan fingerprint density at radius 2 is 1.01 bits per heavy atom. The van der Waals surface area contributed by atoms with Crippen LogP contribution in [-0.4, -0.2) is 194 Å². The minimum absolute atomic E-state index is 0.134. The number of rotatable bonds is 25. The number of alkyl halides is 17. The predicted octanol–water partition coefficient (Wildman–Crippen LogP) is 2.67. The normalized spacial score (nSPS) is 26.8. The summed E-state index contributed by atoms with van der Waals surface area (Å²) in [5, 5.41) is 44.5. The highest BCUT2D eigenvalue weighted by molar-refractivity contribution is 7.81. The van der Waals surface area contributed by atoms with E-state index in [4.69, 9.17) is 37.5 Å². The van der Waals surface area contributed by atoms with E-state index >= 15 is 0 Å². The lowest BCUT2D eigenvalue weighted by Gasteiger charge is -2.47. The van der Waals surface area contributed by atoms with E-state index in [0.29, 0.717) is 0 Å². The predicted molar refractivity (Wildman–Crippen MR) is 192 cm³/mol. The zero-order valence-corrected chi connectivity index (χ0v) is 36.9. The van der Waals surface area contributed by atoms with Crippen molar-refractivity contribution in [2.75, 3.05) is 33.0 Å². The molecule has 3 rings (SSSR count). The lowest BCUT2D eigenvalue weighted by Crippen LogP contribution is -2.74. The van der Waals surface area contributed by atoms with Gasteiger partial charge in [0.1, 0.15) is 66.9 Å². The number of benzene rings is 1. The number of aliphatic hydroxyl groups is 4. The average Bonchev–Trinajstić information content (AvgIpc) is 3.23. The fraction of sp³-hybridized carbons (Fsp3) is 0.788. The van der Waals surface area contributed by atoms with E-state index in [1.54, 1.807) is 0 Å². The Morgan fingerprint density at radius 3 is 1.47 bits per heavy atom. The maximum atomic E-state index is 14.2. The highest BCUT2D eigenvalue weighted by Crippen LogP contribution is 2.64. The second-order valence-electron chi connectivity index (χ2n) is 15.1. The van der Waals surface area contributed by atoms with E-state index in [0.717, 1.165) is 31.2 Å². The van der Waals surface area contributed by atoms with Crippen molar-refractivity contribution in [1.82, 2.24) is 5.32 Å². The number of hydrogen-bond acceptors (Lipinski definition) is 17. The molecular weight excluding hydrogens is 1100 g/mol. The number of carbonyl (C=O) groups excluding carboxylic acids is 1. The molecule has 2 aliphatic rings. The summed E-state index contributed by atoms with van der Waals surface area (Å²) in [7, 11) is -10.5. The lowest BCUT2D eigenvalue weighted by atomic mass is 9.88. The SMILES string of the molecule is CC(=O)N[C@H]1[C@H](OCCOc2ccc(OCCCC(F)(F)C(F)(F)C(F)(F)C(F)(F)C(F)(F)C(F)(F)C(F)(F)C(F)(F)F)cc2)O[C@H](COS(=O)(=O)O)[C@@H](O[C@@H]2O[C@H](COS(=O)(=O)O)[C@H](O)[C@H](O)[C@H]2O)[C@@H]1O. The second-order valence-corrected chi connectivity index (χ2v) is 17.3. The highest BCUT2D eigenvalue weighted by Gasteiger charge is 2.95. The van der Waals surface area contributed by atoms with Crippen LogP contribution in [0.3, 0.4) is 0 Å². The van der Waals surface area contributed by atoms with E-state index in [2.05, 4.69) is 13.7 Å². The summed E-state index contributed by atoms with van der Waals surface area (Å²) in [5.41, 5.74) is 0. The van der Waals surface area contributed by atoms with Crippen LogP contribution in [-0.2, 0) is 52.9 Å². The van der Waals surface area contributed by atoms with Gasteiger partial charge in [-0.2, -0.15) is 91.5 Å². The van der Waals surface area contributed by atoms with Crippen molar-refractivity contribution in [2.45, 2.75) is 129 Å². The average molecular weight is 1140 g/mol. The van der Waals surface area contributed by atoms with Crippen LogP contribution in [0, 0.1) is 0 Å². The molecule has 2 saturated heterocycles. The summed E-state index contributed by atoms with van der Waals surface area (Å²) in [6, 6.07) is 2.17. The van der Waals surface area contributed by atoms with Gasteiger partial charge < -0.3 is 54.2 Å². The minimum atomic E-state index is -8.75. The maximum absolute atomic E-state index is 14.2. The summed E-state index contributed by atoms with van der Waals surface area (Å²) in [6.07, 6.45) is -30.7. The van der Waals surface area contributed by atoms with Crippen LogP contribution in [0.2, 0.25) is 0 Å². The second kappa shape index (κ2) is 22.4. The summed E-state index contributed by atoms with van der Waals surface area (Å²) in [4.78, 5) is 12.1. The third kappa shape index (κ3) is 13.7. The molecule has 0 unspecified atom stereocenters. The molecule has 2 heterocycles. The van der Waals surface area contributed by atoms with E-state index in [9.17, 15) is 117 Å². The van der Waals surface area contributed by atoms with Crippen molar-refractivity contribution < 1.29 is 163 Å². The fourth-order valence-electron chi connectivity index (χ4n) is 6.17. The van der Waals surface area contributed by atoms with Gasteiger partial charge in [0.25, 0.3) is 0 Å². The van der Waals surface area contributed by atoms with Crippen molar-refractivity contribution in [2.24, 2.45) is 0 Å². The summed E-state index contributed by atoms with van der Waals surface area (Å²) in [6.45, 7) is -3.89. The zero-order valence-electron chi connectivity index (χ0n) is 35.3. The van der Waals surface area contributed by atoms with E-state index < -0.39 is 187 Å². The van der Waals surface area contributed by atoms with Gasteiger partial charge in [-0.25, -0.2) is 8.37 Å². The van der Waals surface area contributed by atoms with Gasteiger partial charge >= 0.3 is 68.4 Å². The molecule has 2 fully saturated rings. The molecule has 1 aromatic rings. The smallest absolute Gasteiger partial charge is 0.460 e. The first kappa shape index (κ1) is 62.8. The first-order valence-electron chi connectivity index (χ1n) is 19.3. The molecule has 1 amide bonds. The fourth-order valence-corrected chi connectivity index (χ4v) is 6.79. The molecule has 0 spiro atoms. The summed E-state index contributed by atoms with van der Waals surface area (Å²) < 4.78 is 333. The molecule has 0 radical (unpaired) electrons. The molecule has 0 bridgehead atoms. The standard InChI is InChI=1S/C33H38F17NO19S2/c1-13(52)51-18-20(54)23(70-25-22(56)21(55)19(53)16(68-25)11-66-71(57,58)59)17(12-67-72(60,61)62)69-24(18)65-10-9-64-15-5-3-14(4-6-15)63-8-2-7-26(34,35)27(36,37)28(38,39)29(40,41)30(42,43)31(44,45)32(46,47)33(48,49)50/h3-6,16-25,53-56H,2,7-12H2,1H3,(H,51,52)(H,57,58,59)(H,60,61,62)/t16-,17-,18-,19+,20-,21+,22-,23-,24-,25+/m1/s1. The third-order valence-corrected chi connectivity index (χ3v) is 10.8. The number of nitrogens with one attached hydrogen (secondary N) is 1. The Kier molecular flexibility index (Phi) is 19.5. The third-order valence-electron chi connectivity index (χ3n) is 9.91. The van der Waals surface area contributed by atoms with Crippen LogP contribution in [0.15, 0.2) is 24.3 Å². The Morgan fingerprint density at radius 1 is 0.583 bits per heavy atom. The molecule has 7 N–H and O–H groups in total. The molecule has 20 nitrogen and oxygen atoms in total. The molecule has 2 aliphatic heterocycles. The van der Waals surface area contributed by atoms with Crippen LogP contribution in [0.1, 0.15) is 19.8 Å². The molecule has 1 aromatic carbocycles. The Balaban J connectivity index is 1.65. The molecule has 0 aliphatic carbocycles. The molecule has 10 atom stereocenters. The van der Waals surface area contributed by atoms with E-state index in [1.807, 2.05) is 0 Å². The number of halogens is 17. The number of ether oxygens (including phenoxy) is 6. The van der Waals surface area contributed by atoms with Gasteiger partial charge in [0, 0.05) is 13.3 Å². The van der Waals surface area contributed by atoms with Crippen molar-refractivity contribution >= 4 is 26.7 Å². The topological polar surface area (TPSA) is 293 Å². The van der Waals surface area contributed by atoms with Crippen LogP contribution < -0.4 is 14.8 Å². The number of amides is 1. The Hall–Kier alpha value is -3.48. The molecule has 39 heteroatoms. The maximum Gasteiger partial charge on any atom is 0.460 e. The molecule has 0 aromatic heterocycles. The lowest BCUT2D eigenvalue weighted by molar-refractivity contribution is -0.461. The van der Waals surface area contributed by atoms with Crippen molar-refractivity contribution in [3.05, 3.63) is 24.3 Å². The van der Waals surface area contributed by atoms with E-state index in [-0.39, 0.29) is 5.75 Å². The highest BCUT2D eigenvalue weighted by atomic mass is 32.3. The summed E-state index contributed by atoms with van der Waals surface area (Å²) >= 11 is 0. The van der Waals surface area contributed by atoms with Gasteiger partial charge in [-0.3, -0.25) is 13.9 Å². The first-order valence-corrected chi connectivity index (χ1v) is 22.0. The molecular formula is C33H38F17NO19S2. The van der Waals surface area contributed by atoms with Gasteiger partial charge in [0.2, 0.25) is 5.91 Å². The van der Waals surface area contributed by atoms with Crippen LogP contribution >= 0.6 is 0 Å². The monoisotopic (exact) mass is 1140 g/mol. The minimum Gasteiger partial charge on any atom is -0.494 e. The van der Waals surface area contributed by atoms with Crippen LogP contribution in [0.4, 0.5) is 74.6 Å². The zero-order chi connectivity index (χ0) is 55.6. The van der Waals surface area contributed by atoms with Gasteiger partial charge in [0.05, 0.1) is 26.4 Å². The van der Waals surface area contributed by atoms with Crippen molar-refractivity contribution in [3.8, 4) is 11.5 Å². The quantitative estimate of drug-likeness (QED) is 0.0421. The summed E-state index contributed by atoms with van der Waals surface area (Å²) in [5.74, 6) is -58.7. The first-order chi connectivity index (χ1) is 32.4. The van der Waals surface area contributed by atoms with Gasteiger partial charge in [-0.15, -0.1) is 0 Å². The number of carbonyl (C=O) groups is 1.